The molecule has 0 aliphatic carbocycles. The Morgan fingerprint density at radius 2 is 2.25 bits per heavy atom. The van der Waals surface area contributed by atoms with Crippen molar-refractivity contribution in [2.75, 3.05) is 25.0 Å². The summed E-state index contributed by atoms with van der Waals surface area (Å²) in [6.45, 7) is 5.64. The minimum absolute atomic E-state index is 0.482. The van der Waals surface area contributed by atoms with Crippen LogP contribution in [-0.4, -0.2) is 40.5 Å². The van der Waals surface area contributed by atoms with Crippen molar-refractivity contribution >= 4 is 17.4 Å². The Bertz CT molecular complexity index is 337. The van der Waals surface area contributed by atoms with E-state index in [1.54, 1.807) is 6.20 Å². The summed E-state index contributed by atoms with van der Waals surface area (Å²) in [4.78, 5) is 10.5. The molecule has 1 aliphatic rings. The molecule has 0 spiro atoms. The number of aromatic nitrogens is 2. The Morgan fingerprint density at radius 1 is 1.50 bits per heavy atom. The molecule has 0 unspecified atom stereocenters. The molecule has 1 saturated heterocycles. The van der Waals surface area contributed by atoms with Crippen molar-refractivity contribution in [2.24, 2.45) is 0 Å². The van der Waals surface area contributed by atoms with Crippen LogP contribution in [0.5, 0.6) is 0 Å². The average Bonchev–Trinajstić information content (AvgIpc) is 2.33. The van der Waals surface area contributed by atoms with Crippen LogP contribution in [0.25, 0.3) is 0 Å². The third-order valence-electron chi connectivity index (χ3n) is 3.04. The Labute approximate surface area is 101 Å². The maximum absolute atomic E-state index is 6.00. The SMILES string of the molecule is CCN1CCC(Nc2ncncc2Cl)CC1. The molecule has 16 heavy (non-hydrogen) atoms. The normalized spacial score (nSPS) is 18.6. The summed E-state index contributed by atoms with van der Waals surface area (Å²) in [5.74, 6) is 0.756. The predicted octanol–water partition coefficient (Wildman–Crippen LogP) is 2.03. The van der Waals surface area contributed by atoms with Gasteiger partial charge in [-0.25, -0.2) is 9.97 Å². The van der Waals surface area contributed by atoms with Crippen LogP contribution in [-0.2, 0) is 0 Å². The van der Waals surface area contributed by atoms with Crippen molar-refractivity contribution in [3.8, 4) is 0 Å². The molecule has 0 aromatic carbocycles. The fourth-order valence-electron chi connectivity index (χ4n) is 2.01. The van der Waals surface area contributed by atoms with Gasteiger partial charge in [0.25, 0.3) is 0 Å². The van der Waals surface area contributed by atoms with Gasteiger partial charge in [0, 0.05) is 19.1 Å². The zero-order chi connectivity index (χ0) is 11.4. The zero-order valence-corrected chi connectivity index (χ0v) is 10.2. The molecule has 0 bridgehead atoms. The first kappa shape index (κ1) is 11.6. The quantitative estimate of drug-likeness (QED) is 0.878. The van der Waals surface area contributed by atoms with E-state index < -0.39 is 0 Å². The van der Waals surface area contributed by atoms with Gasteiger partial charge in [-0.2, -0.15) is 0 Å². The second-order valence-corrected chi connectivity index (χ2v) is 4.48. The lowest BCUT2D eigenvalue weighted by Gasteiger charge is -2.31. The van der Waals surface area contributed by atoms with Gasteiger partial charge in [0.15, 0.2) is 0 Å². The van der Waals surface area contributed by atoms with E-state index in [9.17, 15) is 0 Å². The van der Waals surface area contributed by atoms with Crippen LogP contribution in [0.1, 0.15) is 19.8 Å². The molecule has 0 atom stereocenters. The molecule has 2 heterocycles. The van der Waals surface area contributed by atoms with E-state index in [4.69, 9.17) is 11.6 Å². The summed E-state index contributed by atoms with van der Waals surface area (Å²) in [6.07, 6.45) is 5.44. The summed E-state index contributed by atoms with van der Waals surface area (Å²) < 4.78 is 0. The van der Waals surface area contributed by atoms with Crippen molar-refractivity contribution in [3.63, 3.8) is 0 Å². The summed E-state index contributed by atoms with van der Waals surface area (Å²) >= 11 is 6.00. The van der Waals surface area contributed by atoms with Crippen LogP contribution in [0.15, 0.2) is 12.5 Å². The number of anilines is 1. The second-order valence-electron chi connectivity index (χ2n) is 4.07. The Hall–Kier alpha value is -0.870. The van der Waals surface area contributed by atoms with Crippen molar-refractivity contribution in [1.29, 1.82) is 0 Å². The lowest BCUT2D eigenvalue weighted by molar-refractivity contribution is 0.229. The van der Waals surface area contributed by atoms with E-state index in [1.807, 2.05) is 0 Å². The molecule has 1 aliphatic heterocycles. The van der Waals surface area contributed by atoms with E-state index >= 15 is 0 Å². The first-order valence-corrected chi connectivity index (χ1v) is 6.11. The molecule has 1 fully saturated rings. The first-order chi connectivity index (χ1) is 7.79. The Balaban J connectivity index is 1.89. The fourth-order valence-corrected chi connectivity index (χ4v) is 2.17. The molecule has 1 aromatic heterocycles. The summed E-state index contributed by atoms with van der Waals surface area (Å²) in [5, 5.41) is 3.98. The van der Waals surface area contributed by atoms with E-state index in [2.05, 4.69) is 27.1 Å². The molecule has 0 radical (unpaired) electrons. The minimum Gasteiger partial charge on any atom is -0.366 e. The zero-order valence-electron chi connectivity index (χ0n) is 9.49. The van der Waals surface area contributed by atoms with Crippen LogP contribution in [0.4, 0.5) is 5.82 Å². The summed E-state index contributed by atoms with van der Waals surface area (Å²) in [6, 6.07) is 0.482. The molecular formula is C11H17ClN4. The van der Waals surface area contributed by atoms with Crippen molar-refractivity contribution in [1.82, 2.24) is 14.9 Å². The summed E-state index contributed by atoms with van der Waals surface area (Å²) in [5.41, 5.74) is 0. The van der Waals surface area contributed by atoms with Gasteiger partial charge in [0.2, 0.25) is 0 Å². The number of nitrogens with zero attached hydrogens (tertiary/aromatic N) is 3. The standard InChI is InChI=1S/C11H17ClN4/c1-2-16-5-3-9(4-6-16)15-11-10(12)7-13-8-14-11/h7-9H,2-6H2,1H3,(H,13,14,15). The maximum atomic E-state index is 6.00. The number of rotatable bonds is 3. The number of nitrogens with one attached hydrogen (secondary N) is 1. The number of halogens is 1. The topological polar surface area (TPSA) is 41.0 Å². The van der Waals surface area contributed by atoms with Gasteiger partial charge in [-0.1, -0.05) is 18.5 Å². The van der Waals surface area contributed by atoms with Crippen molar-refractivity contribution in [3.05, 3.63) is 17.5 Å². The highest BCUT2D eigenvalue weighted by atomic mass is 35.5. The lowest BCUT2D eigenvalue weighted by Crippen LogP contribution is -2.39. The second kappa shape index (κ2) is 5.46. The summed E-state index contributed by atoms with van der Waals surface area (Å²) in [7, 11) is 0. The molecule has 4 nitrogen and oxygen atoms in total. The maximum Gasteiger partial charge on any atom is 0.148 e. The predicted molar refractivity (Wildman–Crippen MR) is 65.8 cm³/mol. The molecule has 0 saturated carbocycles. The van der Waals surface area contributed by atoms with E-state index in [0.717, 1.165) is 38.3 Å². The lowest BCUT2D eigenvalue weighted by atomic mass is 10.1. The highest BCUT2D eigenvalue weighted by molar-refractivity contribution is 6.32. The fraction of sp³-hybridized carbons (Fsp3) is 0.636. The van der Waals surface area contributed by atoms with E-state index in [1.165, 1.54) is 6.33 Å². The number of piperidine rings is 1. The molecule has 5 heteroatoms. The number of hydrogen-bond acceptors (Lipinski definition) is 4. The largest absolute Gasteiger partial charge is 0.366 e. The first-order valence-electron chi connectivity index (χ1n) is 5.74. The highest BCUT2D eigenvalue weighted by Gasteiger charge is 2.18. The highest BCUT2D eigenvalue weighted by Crippen LogP contribution is 2.20. The molecule has 1 N–H and O–H groups in total. The Kier molecular flexibility index (Phi) is 3.96. The van der Waals surface area contributed by atoms with Gasteiger partial charge < -0.3 is 10.2 Å². The third kappa shape index (κ3) is 2.83. The van der Waals surface area contributed by atoms with Crippen LogP contribution in [0.3, 0.4) is 0 Å². The van der Waals surface area contributed by atoms with Gasteiger partial charge >= 0.3 is 0 Å². The van der Waals surface area contributed by atoms with Gasteiger partial charge in [0.05, 0.1) is 6.20 Å². The van der Waals surface area contributed by atoms with Crippen LogP contribution >= 0.6 is 11.6 Å². The van der Waals surface area contributed by atoms with Gasteiger partial charge in [-0.15, -0.1) is 0 Å². The van der Waals surface area contributed by atoms with Crippen molar-refractivity contribution < 1.29 is 0 Å². The van der Waals surface area contributed by atoms with E-state index in [0.29, 0.717) is 11.1 Å². The van der Waals surface area contributed by atoms with Crippen LogP contribution in [0.2, 0.25) is 5.02 Å². The van der Waals surface area contributed by atoms with Crippen LogP contribution in [0, 0.1) is 0 Å². The van der Waals surface area contributed by atoms with Crippen LogP contribution < -0.4 is 5.32 Å². The van der Waals surface area contributed by atoms with E-state index in [-0.39, 0.29) is 0 Å². The smallest absolute Gasteiger partial charge is 0.148 e. The minimum atomic E-state index is 0.482. The number of hydrogen-bond donors (Lipinski definition) is 1. The third-order valence-corrected chi connectivity index (χ3v) is 3.32. The molecule has 88 valence electrons. The van der Waals surface area contributed by atoms with Gasteiger partial charge in [-0.05, 0) is 19.4 Å². The Morgan fingerprint density at radius 3 is 2.88 bits per heavy atom. The monoisotopic (exact) mass is 240 g/mol. The molecule has 0 amide bonds. The number of likely N-dealkylation sites (tertiary alicyclic amines) is 1. The molecular weight excluding hydrogens is 224 g/mol. The average molecular weight is 241 g/mol. The molecule has 2 rings (SSSR count). The molecule has 1 aromatic rings. The van der Waals surface area contributed by atoms with Crippen molar-refractivity contribution in [2.45, 2.75) is 25.8 Å². The van der Waals surface area contributed by atoms with Gasteiger partial charge in [0.1, 0.15) is 17.2 Å². The van der Waals surface area contributed by atoms with Gasteiger partial charge in [-0.3, -0.25) is 0 Å².